The molecule has 15 heavy (non-hydrogen) atoms. The Balaban J connectivity index is 1.94. The Morgan fingerprint density at radius 3 is 3.27 bits per heavy atom. The van der Waals surface area contributed by atoms with Gasteiger partial charge in [-0.3, -0.25) is 0 Å². The third-order valence-corrected chi connectivity index (χ3v) is 2.56. The fraction of sp³-hybridized carbons (Fsp3) is 0.600. The Morgan fingerprint density at radius 1 is 1.67 bits per heavy atom. The molecule has 0 radical (unpaired) electrons. The molecule has 0 N–H and O–H groups in total. The topological polar surface area (TPSA) is 44.2 Å². The molecule has 2 heterocycles. The third kappa shape index (κ3) is 2.79. The molecule has 0 aliphatic carbocycles. The number of halogens is 1. The Morgan fingerprint density at radius 2 is 2.53 bits per heavy atom. The van der Waals surface area contributed by atoms with Crippen LogP contribution in [0, 0.1) is 12.8 Å². The maximum atomic E-state index is 5.69. The van der Waals surface area contributed by atoms with E-state index in [1.165, 1.54) is 0 Å². The molecule has 1 unspecified atom stereocenters. The molecule has 0 bridgehead atoms. The predicted molar refractivity (Wildman–Crippen MR) is 56.2 cm³/mol. The second-order valence-electron chi connectivity index (χ2n) is 3.67. The Hall–Kier alpha value is -0.870. The van der Waals surface area contributed by atoms with Crippen LogP contribution in [0.4, 0.5) is 0 Å². The van der Waals surface area contributed by atoms with E-state index in [1.807, 2.05) is 6.92 Å². The van der Waals surface area contributed by atoms with Crippen molar-refractivity contribution in [1.82, 2.24) is 9.97 Å². The van der Waals surface area contributed by atoms with Gasteiger partial charge in [-0.15, -0.1) is 0 Å². The fourth-order valence-electron chi connectivity index (χ4n) is 1.46. The van der Waals surface area contributed by atoms with Gasteiger partial charge < -0.3 is 9.47 Å². The predicted octanol–water partition coefficient (Wildman–Crippen LogP) is 1.85. The van der Waals surface area contributed by atoms with Crippen LogP contribution in [0.5, 0.6) is 5.88 Å². The number of ether oxygens (including phenoxy) is 2. The Bertz CT molecular complexity index is 340. The van der Waals surface area contributed by atoms with E-state index in [0.717, 1.165) is 25.2 Å². The van der Waals surface area contributed by atoms with Crippen LogP contribution < -0.4 is 4.74 Å². The van der Waals surface area contributed by atoms with Crippen LogP contribution in [-0.4, -0.2) is 29.8 Å². The SMILES string of the molecule is Cc1cnc(Cl)nc1OCC1CCOC1. The van der Waals surface area contributed by atoms with Gasteiger partial charge in [-0.2, -0.15) is 4.98 Å². The first-order valence-electron chi connectivity index (χ1n) is 4.95. The minimum atomic E-state index is 0.221. The zero-order valence-corrected chi connectivity index (χ0v) is 9.33. The summed E-state index contributed by atoms with van der Waals surface area (Å²) in [4.78, 5) is 7.89. The van der Waals surface area contributed by atoms with Crippen LogP contribution in [-0.2, 0) is 4.74 Å². The van der Waals surface area contributed by atoms with Gasteiger partial charge in [-0.25, -0.2) is 4.98 Å². The summed E-state index contributed by atoms with van der Waals surface area (Å²) in [6, 6.07) is 0. The highest BCUT2D eigenvalue weighted by molar-refractivity contribution is 6.28. The minimum absolute atomic E-state index is 0.221. The maximum absolute atomic E-state index is 5.69. The molecule has 1 fully saturated rings. The summed E-state index contributed by atoms with van der Waals surface area (Å²) >= 11 is 5.69. The van der Waals surface area contributed by atoms with Crippen LogP contribution in [0.3, 0.4) is 0 Å². The first-order chi connectivity index (χ1) is 7.25. The van der Waals surface area contributed by atoms with E-state index in [0.29, 0.717) is 18.4 Å². The lowest BCUT2D eigenvalue weighted by molar-refractivity contribution is 0.165. The summed E-state index contributed by atoms with van der Waals surface area (Å²) in [5.74, 6) is 1.04. The van der Waals surface area contributed by atoms with E-state index in [-0.39, 0.29) is 5.28 Å². The Labute approximate surface area is 93.6 Å². The van der Waals surface area contributed by atoms with Crippen molar-refractivity contribution in [3.05, 3.63) is 17.0 Å². The van der Waals surface area contributed by atoms with Gasteiger partial charge in [0.1, 0.15) is 0 Å². The zero-order valence-electron chi connectivity index (χ0n) is 8.57. The Kier molecular flexibility index (Phi) is 3.38. The van der Waals surface area contributed by atoms with E-state index in [9.17, 15) is 0 Å². The molecule has 82 valence electrons. The largest absolute Gasteiger partial charge is 0.477 e. The first kappa shape index (κ1) is 10.6. The average Bonchev–Trinajstić information content (AvgIpc) is 2.72. The van der Waals surface area contributed by atoms with Crippen LogP contribution >= 0.6 is 11.6 Å². The fourth-order valence-corrected chi connectivity index (χ4v) is 1.59. The molecular formula is C10H13ClN2O2. The molecule has 1 aliphatic heterocycles. The normalized spacial score (nSPS) is 20.5. The smallest absolute Gasteiger partial charge is 0.225 e. The second kappa shape index (κ2) is 4.77. The lowest BCUT2D eigenvalue weighted by atomic mass is 10.1. The summed E-state index contributed by atoms with van der Waals surface area (Å²) in [5.41, 5.74) is 0.901. The molecule has 2 rings (SSSR count). The van der Waals surface area contributed by atoms with Crippen molar-refractivity contribution in [3.8, 4) is 5.88 Å². The summed E-state index contributed by atoms with van der Waals surface area (Å²) in [5, 5.41) is 0.221. The van der Waals surface area contributed by atoms with Gasteiger partial charge in [0.15, 0.2) is 0 Å². The van der Waals surface area contributed by atoms with Crippen molar-refractivity contribution < 1.29 is 9.47 Å². The van der Waals surface area contributed by atoms with Crippen LogP contribution in [0.25, 0.3) is 0 Å². The van der Waals surface area contributed by atoms with Crippen molar-refractivity contribution in [2.45, 2.75) is 13.3 Å². The summed E-state index contributed by atoms with van der Waals surface area (Å²) in [6.07, 6.45) is 2.72. The standard InChI is InChI=1S/C10H13ClN2O2/c1-7-4-12-10(11)13-9(7)15-6-8-2-3-14-5-8/h4,8H,2-3,5-6H2,1H3. The van der Waals surface area contributed by atoms with Crippen LogP contribution in [0.1, 0.15) is 12.0 Å². The molecule has 5 heteroatoms. The van der Waals surface area contributed by atoms with Gasteiger partial charge in [0.05, 0.1) is 13.2 Å². The lowest BCUT2D eigenvalue weighted by Gasteiger charge is -2.10. The van der Waals surface area contributed by atoms with Gasteiger partial charge in [-0.1, -0.05) is 0 Å². The zero-order chi connectivity index (χ0) is 10.7. The highest BCUT2D eigenvalue weighted by atomic mass is 35.5. The molecule has 0 spiro atoms. The minimum Gasteiger partial charge on any atom is -0.477 e. The van der Waals surface area contributed by atoms with Crippen molar-refractivity contribution in [3.63, 3.8) is 0 Å². The summed E-state index contributed by atoms with van der Waals surface area (Å²) in [6.45, 7) is 4.14. The first-order valence-corrected chi connectivity index (χ1v) is 5.33. The lowest BCUT2D eigenvalue weighted by Crippen LogP contribution is -2.13. The monoisotopic (exact) mass is 228 g/mol. The molecule has 1 aliphatic rings. The second-order valence-corrected chi connectivity index (χ2v) is 4.01. The van der Waals surface area contributed by atoms with E-state index in [2.05, 4.69) is 9.97 Å². The molecular weight excluding hydrogens is 216 g/mol. The number of nitrogens with zero attached hydrogens (tertiary/aromatic N) is 2. The van der Waals surface area contributed by atoms with E-state index >= 15 is 0 Å². The molecule has 4 nitrogen and oxygen atoms in total. The quantitative estimate of drug-likeness (QED) is 0.741. The number of hydrogen-bond donors (Lipinski definition) is 0. The van der Waals surface area contributed by atoms with Crippen LogP contribution in [0.2, 0.25) is 5.28 Å². The summed E-state index contributed by atoms with van der Waals surface area (Å²) in [7, 11) is 0. The van der Waals surface area contributed by atoms with Crippen molar-refractivity contribution in [2.24, 2.45) is 5.92 Å². The molecule has 0 aromatic carbocycles. The molecule has 1 saturated heterocycles. The molecule has 1 aromatic heterocycles. The molecule has 0 amide bonds. The van der Waals surface area contributed by atoms with Gasteiger partial charge in [0, 0.05) is 24.3 Å². The number of hydrogen-bond acceptors (Lipinski definition) is 4. The molecule has 1 atom stereocenters. The van der Waals surface area contributed by atoms with Crippen molar-refractivity contribution in [2.75, 3.05) is 19.8 Å². The summed E-state index contributed by atoms with van der Waals surface area (Å²) < 4.78 is 10.8. The van der Waals surface area contributed by atoms with E-state index < -0.39 is 0 Å². The van der Waals surface area contributed by atoms with E-state index in [4.69, 9.17) is 21.1 Å². The molecule has 0 saturated carbocycles. The highest BCUT2D eigenvalue weighted by Crippen LogP contribution is 2.18. The maximum Gasteiger partial charge on any atom is 0.225 e. The number of aromatic nitrogens is 2. The van der Waals surface area contributed by atoms with Gasteiger partial charge >= 0.3 is 0 Å². The number of rotatable bonds is 3. The van der Waals surface area contributed by atoms with Gasteiger partial charge in [0.2, 0.25) is 11.2 Å². The van der Waals surface area contributed by atoms with Gasteiger partial charge in [0.25, 0.3) is 0 Å². The van der Waals surface area contributed by atoms with Crippen molar-refractivity contribution in [1.29, 1.82) is 0 Å². The average molecular weight is 229 g/mol. The van der Waals surface area contributed by atoms with E-state index in [1.54, 1.807) is 6.20 Å². The highest BCUT2D eigenvalue weighted by Gasteiger charge is 2.17. The third-order valence-electron chi connectivity index (χ3n) is 2.38. The van der Waals surface area contributed by atoms with Crippen molar-refractivity contribution >= 4 is 11.6 Å². The number of aryl methyl sites for hydroxylation is 1. The van der Waals surface area contributed by atoms with Crippen LogP contribution in [0.15, 0.2) is 6.20 Å². The molecule has 1 aromatic rings. The van der Waals surface area contributed by atoms with Gasteiger partial charge in [-0.05, 0) is 24.9 Å².